The lowest BCUT2D eigenvalue weighted by molar-refractivity contribution is -0.137. The Labute approximate surface area is 222 Å². The van der Waals surface area contributed by atoms with Gasteiger partial charge in [-0.2, -0.15) is 0 Å². The van der Waals surface area contributed by atoms with E-state index in [4.69, 9.17) is 5.11 Å². The van der Waals surface area contributed by atoms with Crippen LogP contribution in [0, 0.1) is 0 Å². The van der Waals surface area contributed by atoms with Crippen LogP contribution >= 0.6 is 0 Å². The number of rotatable bonds is 9. The third-order valence-electron chi connectivity index (χ3n) is 7.49. The van der Waals surface area contributed by atoms with Crippen molar-refractivity contribution in [3.05, 3.63) is 108 Å². The van der Waals surface area contributed by atoms with E-state index in [1.807, 2.05) is 48.5 Å². The lowest BCUT2D eigenvalue weighted by Gasteiger charge is -2.38. The first-order valence-corrected chi connectivity index (χ1v) is 13.0. The van der Waals surface area contributed by atoms with Crippen molar-refractivity contribution in [2.24, 2.45) is 0 Å². The number of anilines is 2. The minimum absolute atomic E-state index is 0.00817. The molecule has 2 N–H and O–H groups in total. The molecule has 5 rings (SSSR count). The standard InChI is InChI=1S/C32H32N2O4/c1-22(29-8-4-6-25-5-2-3-7-30(25)29)34(27-15-11-24(12-16-27)20-32(37)38)28-17-18-33(21-28)26-13-9-23(10-14-26)19-31(35)36/h2-16,22,28H,17-21H2,1H3,(H,35,36)(H,37,38)/t22-,28+/m1/s1. The van der Waals surface area contributed by atoms with E-state index in [1.165, 1.54) is 16.3 Å². The van der Waals surface area contributed by atoms with E-state index in [-0.39, 0.29) is 24.9 Å². The Morgan fingerprint density at radius 2 is 1.45 bits per heavy atom. The first-order chi connectivity index (χ1) is 18.4. The highest BCUT2D eigenvalue weighted by Crippen LogP contribution is 2.36. The number of nitrogens with zero attached hydrogens (tertiary/aromatic N) is 2. The molecule has 0 radical (unpaired) electrons. The number of hydrogen-bond donors (Lipinski definition) is 2. The summed E-state index contributed by atoms with van der Waals surface area (Å²) in [6.07, 6.45) is 1.01. The zero-order chi connectivity index (χ0) is 26.6. The van der Waals surface area contributed by atoms with E-state index >= 15 is 0 Å². The molecule has 0 aliphatic carbocycles. The minimum atomic E-state index is -0.834. The number of aliphatic carboxylic acids is 2. The molecule has 38 heavy (non-hydrogen) atoms. The lowest BCUT2D eigenvalue weighted by Crippen LogP contribution is -2.39. The van der Waals surface area contributed by atoms with Crippen molar-refractivity contribution in [1.29, 1.82) is 0 Å². The number of carboxylic acids is 2. The summed E-state index contributed by atoms with van der Waals surface area (Å²) in [5, 5.41) is 20.7. The van der Waals surface area contributed by atoms with Crippen LogP contribution in [0.5, 0.6) is 0 Å². The topological polar surface area (TPSA) is 81.1 Å². The first kappa shape index (κ1) is 25.3. The van der Waals surface area contributed by atoms with Gasteiger partial charge < -0.3 is 20.0 Å². The molecule has 0 unspecified atom stereocenters. The van der Waals surface area contributed by atoms with Crippen molar-refractivity contribution in [2.75, 3.05) is 22.9 Å². The molecule has 0 aromatic heterocycles. The smallest absolute Gasteiger partial charge is 0.307 e. The van der Waals surface area contributed by atoms with Crippen LogP contribution in [0.15, 0.2) is 91.0 Å². The van der Waals surface area contributed by atoms with Gasteiger partial charge in [-0.25, -0.2) is 0 Å². The SMILES string of the molecule is C[C@H](c1cccc2ccccc12)N(c1ccc(CC(=O)O)cc1)[C@H]1CCN(c2ccc(CC(=O)O)cc2)C1. The molecule has 0 saturated carbocycles. The van der Waals surface area contributed by atoms with Gasteiger partial charge in [0, 0.05) is 30.5 Å². The van der Waals surface area contributed by atoms with Crippen LogP contribution < -0.4 is 9.80 Å². The van der Waals surface area contributed by atoms with Gasteiger partial charge >= 0.3 is 11.9 Å². The molecule has 1 heterocycles. The molecule has 6 nitrogen and oxygen atoms in total. The average molecular weight is 509 g/mol. The van der Waals surface area contributed by atoms with Gasteiger partial charge in [-0.05, 0) is 65.1 Å². The predicted octanol–water partition coefficient (Wildman–Crippen LogP) is 5.94. The third kappa shape index (κ3) is 5.49. The Hall–Kier alpha value is -4.32. The normalized spacial score (nSPS) is 15.9. The number of carboxylic acid groups (broad SMARTS) is 2. The molecule has 0 bridgehead atoms. The van der Waals surface area contributed by atoms with Gasteiger partial charge in [0.1, 0.15) is 0 Å². The van der Waals surface area contributed by atoms with Crippen LogP contribution in [0.25, 0.3) is 10.8 Å². The average Bonchev–Trinajstić information content (AvgIpc) is 3.39. The summed E-state index contributed by atoms with van der Waals surface area (Å²) in [6.45, 7) is 3.99. The minimum Gasteiger partial charge on any atom is -0.481 e. The van der Waals surface area contributed by atoms with Crippen LogP contribution in [-0.4, -0.2) is 41.3 Å². The Bertz CT molecular complexity index is 1430. The zero-order valence-electron chi connectivity index (χ0n) is 21.5. The zero-order valence-corrected chi connectivity index (χ0v) is 21.5. The fraction of sp³-hybridized carbons (Fsp3) is 0.250. The molecule has 2 atom stereocenters. The van der Waals surface area contributed by atoms with Crippen molar-refractivity contribution in [1.82, 2.24) is 0 Å². The number of benzene rings is 4. The fourth-order valence-electron chi connectivity index (χ4n) is 5.68. The van der Waals surface area contributed by atoms with Crippen molar-refractivity contribution in [3.8, 4) is 0 Å². The maximum atomic E-state index is 11.2. The van der Waals surface area contributed by atoms with E-state index in [1.54, 1.807) is 0 Å². The molecular formula is C32H32N2O4. The molecular weight excluding hydrogens is 476 g/mol. The number of carbonyl (C=O) groups is 2. The molecule has 1 aliphatic heterocycles. The van der Waals surface area contributed by atoms with Gasteiger partial charge in [0.25, 0.3) is 0 Å². The van der Waals surface area contributed by atoms with Crippen molar-refractivity contribution in [2.45, 2.75) is 38.3 Å². The second-order valence-corrected chi connectivity index (χ2v) is 10.0. The summed E-state index contributed by atoms with van der Waals surface area (Å²) in [7, 11) is 0. The van der Waals surface area contributed by atoms with Crippen LogP contribution in [0.4, 0.5) is 11.4 Å². The van der Waals surface area contributed by atoms with Gasteiger partial charge in [-0.15, -0.1) is 0 Å². The summed E-state index contributed by atoms with van der Waals surface area (Å²) in [5.41, 5.74) is 5.01. The van der Waals surface area contributed by atoms with Gasteiger partial charge in [0.2, 0.25) is 0 Å². The lowest BCUT2D eigenvalue weighted by atomic mass is 9.96. The van der Waals surface area contributed by atoms with Gasteiger partial charge in [-0.1, -0.05) is 66.7 Å². The second-order valence-electron chi connectivity index (χ2n) is 10.0. The quantitative estimate of drug-likeness (QED) is 0.291. The number of fused-ring (bicyclic) bond motifs is 1. The summed E-state index contributed by atoms with van der Waals surface area (Å²) >= 11 is 0. The number of hydrogen-bond acceptors (Lipinski definition) is 4. The van der Waals surface area contributed by atoms with Crippen molar-refractivity contribution < 1.29 is 19.8 Å². The van der Waals surface area contributed by atoms with E-state index in [0.717, 1.165) is 42.0 Å². The monoisotopic (exact) mass is 508 g/mol. The highest BCUT2D eigenvalue weighted by atomic mass is 16.4. The van der Waals surface area contributed by atoms with Crippen molar-refractivity contribution >= 4 is 34.1 Å². The molecule has 0 amide bonds. The van der Waals surface area contributed by atoms with Crippen LogP contribution in [0.3, 0.4) is 0 Å². The Morgan fingerprint density at radius 3 is 2.11 bits per heavy atom. The van der Waals surface area contributed by atoms with E-state index in [2.05, 4.69) is 59.2 Å². The third-order valence-corrected chi connectivity index (χ3v) is 7.49. The predicted molar refractivity (Wildman–Crippen MR) is 151 cm³/mol. The second kappa shape index (κ2) is 11.0. The van der Waals surface area contributed by atoms with Gasteiger partial charge in [0.15, 0.2) is 0 Å². The van der Waals surface area contributed by atoms with E-state index < -0.39 is 11.9 Å². The Balaban J connectivity index is 1.46. The van der Waals surface area contributed by atoms with Crippen molar-refractivity contribution in [3.63, 3.8) is 0 Å². The molecule has 1 aliphatic rings. The summed E-state index contributed by atoms with van der Waals surface area (Å²) in [5.74, 6) is -1.66. The maximum absolute atomic E-state index is 11.2. The summed E-state index contributed by atoms with van der Waals surface area (Å²) in [4.78, 5) is 27.1. The molecule has 1 fully saturated rings. The highest BCUT2D eigenvalue weighted by molar-refractivity contribution is 5.86. The summed E-state index contributed by atoms with van der Waals surface area (Å²) < 4.78 is 0. The van der Waals surface area contributed by atoms with E-state index in [9.17, 15) is 14.7 Å². The molecule has 4 aromatic carbocycles. The van der Waals surface area contributed by atoms with Crippen LogP contribution in [-0.2, 0) is 22.4 Å². The van der Waals surface area contributed by atoms with Gasteiger partial charge in [-0.3, -0.25) is 9.59 Å². The highest BCUT2D eigenvalue weighted by Gasteiger charge is 2.32. The summed E-state index contributed by atoms with van der Waals surface area (Å²) in [6, 6.07) is 31.0. The Kier molecular flexibility index (Phi) is 7.31. The molecule has 0 spiro atoms. The largest absolute Gasteiger partial charge is 0.481 e. The molecule has 194 valence electrons. The molecule has 4 aromatic rings. The van der Waals surface area contributed by atoms with Gasteiger partial charge in [0.05, 0.1) is 18.9 Å². The molecule has 1 saturated heterocycles. The fourth-order valence-corrected chi connectivity index (χ4v) is 5.68. The van der Waals surface area contributed by atoms with Crippen LogP contribution in [0.2, 0.25) is 0 Å². The van der Waals surface area contributed by atoms with E-state index in [0.29, 0.717) is 0 Å². The Morgan fingerprint density at radius 1 is 0.842 bits per heavy atom. The van der Waals surface area contributed by atoms with Crippen LogP contribution in [0.1, 0.15) is 36.1 Å². The first-order valence-electron chi connectivity index (χ1n) is 13.0. The maximum Gasteiger partial charge on any atom is 0.307 e. The molecule has 6 heteroatoms.